The number of aliphatic hydroxyl groups excluding tert-OH is 2. The average molecular weight is 417 g/mol. The molecule has 0 spiro atoms. The summed E-state index contributed by atoms with van der Waals surface area (Å²) >= 11 is 0. The normalized spacial score (nSPS) is 45.2. The summed E-state index contributed by atoms with van der Waals surface area (Å²) in [5.41, 5.74) is 1.73. The lowest BCUT2D eigenvalue weighted by molar-refractivity contribution is -0.124. The maximum Gasteiger partial charge on any atom is 0.155 e. The van der Waals surface area contributed by atoms with E-state index in [4.69, 9.17) is 0 Å². The SMILES string of the molecule is CC(CO)CCC[C@@H](C)C1CC[C@H]2C3[C@H](O)CC4=CC(=O)CC[C@]4(C)[C@H]3CC[C@]12C. The highest BCUT2D eigenvalue weighted by Gasteiger charge is 2.61. The minimum absolute atomic E-state index is 0.128. The van der Waals surface area contributed by atoms with E-state index in [1.807, 2.05) is 6.08 Å². The van der Waals surface area contributed by atoms with Crippen LogP contribution in [0.25, 0.3) is 0 Å². The number of rotatable bonds is 6. The molecular weight excluding hydrogens is 372 g/mol. The first-order chi connectivity index (χ1) is 14.2. The van der Waals surface area contributed by atoms with Crippen molar-refractivity contribution in [3.8, 4) is 0 Å². The van der Waals surface area contributed by atoms with Gasteiger partial charge in [-0.05, 0) is 97.4 Å². The maximum absolute atomic E-state index is 12.1. The van der Waals surface area contributed by atoms with Gasteiger partial charge in [0.25, 0.3) is 0 Å². The monoisotopic (exact) mass is 416 g/mol. The molecule has 0 saturated heterocycles. The van der Waals surface area contributed by atoms with E-state index in [9.17, 15) is 15.0 Å². The van der Waals surface area contributed by atoms with E-state index in [0.29, 0.717) is 42.1 Å². The molecule has 3 fully saturated rings. The van der Waals surface area contributed by atoms with Crippen molar-refractivity contribution in [3.63, 3.8) is 0 Å². The zero-order valence-corrected chi connectivity index (χ0v) is 19.7. The molecular formula is C27H44O3. The van der Waals surface area contributed by atoms with Gasteiger partial charge in [0.1, 0.15) is 0 Å². The van der Waals surface area contributed by atoms with Gasteiger partial charge in [0.05, 0.1) is 6.10 Å². The summed E-state index contributed by atoms with van der Waals surface area (Å²) in [4.78, 5) is 12.1. The number of fused-ring (bicyclic) bond motifs is 5. The zero-order chi connectivity index (χ0) is 21.7. The largest absolute Gasteiger partial charge is 0.396 e. The molecule has 0 heterocycles. The Morgan fingerprint density at radius 2 is 1.87 bits per heavy atom. The summed E-state index contributed by atoms with van der Waals surface area (Å²) in [5, 5.41) is 20.6. The molecule has 4 rings (SSSR count). The fourth-order valence-corrected chi connectivity index (χ4v) is 8.58. The first-order valence-corrected chi connectivity index (χ1v) is 12.7. The van der Waals surface area contributed by atoms with Crippen molar-refractivity contribution in [1.82, 2.24) is 0 Å². The van der Waals surface area contributed by atoms with Crippen LogP contribution in [0.3, 0.4) is 0 Å². The summed E-state index contributed by atoms with van der Waals surface area (Å²) in [6.45, 7) is 9.85. The van der Waals surface area contributed by atoms with E-state index < -0.39 is 0 Å². The quantitative estimate of drug-likeness (QED) is 0.598. The minimum Gasteiger partial charge on any atom is -0.396 e. The van der Waals surface area contributed by atoms with Crippen molar-refractivity contribution >= 4 is 5.78 Å². The Bertz CT molecular complexity index is 684. The molecule has 170 valence electrons. The van der Waals surface area contributed by atoms with Crippen molar-refractivity contribution in [2.24, 2.45) is 46.3 Å². The summed E-state index contributed by atoms with van der Waals surface area (Å²) in [6, 6.07) is 0. The molecule has 0 aromatic rings. The number of hydrogen-bond acceptors (Lipinski definition) is 3. The van der Waals surface area contributed by atoms with Gasteiger partial charge >= 0.3 is 0 Å². The van der Waals surface area contributed by atoms with Gasteiger partial charge in [-0.2, -0.15) is 0 Å². The Balaban J connectivity index is 1.50. The van der Waals surface area contributed by atoms with Gasteiger partial charge in [0.2, 0.25) is 0 Å². The lowest BCUT2D eigenvalue weighted by Gasteiger charge is -2.60. The molecule has 4 aliphatic carbocycles. The Kier molecular flexibility index (Phi) is 6.27. The van der Waals surface area contributed by atoms with Crippen molar-refractivity contribution in [2.45, 2.75) is 98.0 Å². The molecule has 3 heteroatoms. The average Bonchev–Trinajstić information content (AvgIpc) is 3.06. The molecule has 30 heavy (non-hydrogen) atoms. The van der Waals surface area contributed by atoms with Crippen LogP contribution in [-0.4, -0.2) is 28.7 Å². The van der Waals surface area contributed by atoms with Gasteiger partial charge in [-0.25, -0.2) is 0 Å². The Morgan fingerprint density at radius 1 is 1.10 bits per heavy atom. The molecule has 0 bridgehead atoms. The van der Waals surface area contributed by atoms with Crippen LogP contribution in [0.2, 0.25) is 0 Å². The Morgan fingerprint density at radius 3 is 2.60 bits per heavy atom. The van der Waals surface area contributed by atoms with Crippen molar-refractivity contribution in [3.05, 3.63) is 11.6 Å². The van der Waals surface area contributed by atoms with Crippen molar-refractivity contribution in [2.75, 3.05) is 6.61 Å². The predicted molar refractivity (Wildman–Crippen MR) is 121 cm³/mol. The van der Waals surface area contributed by atoms with Crippen LogP contribution in [0.15, 0.2) is 11.6 Å². The second-order valence-electron chi connectivity index (χ2n) is 12.0. The third-order valence-electron chi connectivity index (χ3n) is 10.4. The first-order valence-electron chi connectivity index (χ1n) is 12.7. The lowest BCUT2D eigenvalue weighted by Crippen LogP contribution is -2.55. The fourth-order valence-electron chi connectivity index (χ4n) is 8.58. The van der Waals surface area contributed by atoms with Gasteiger partial charge in [-0.1, -0.05) is 46.1 Å². The number of aliphatic hydroxyl groups is 2. The topological polar surface area (TPSA) is 57.5 Å². The van der Waals surface area contributed by atoms with E-state index in [1.165, 1.54) is 44.1 Å². The van der Waals surface area contributed by atoms with Crippen molar-refractivity contribution in [1.29, 1.82) is 0 Å². The van der Waals surface area contributed by atoms with E-state index in [-0.39, 0.29) is 17.3 Å². The van der Waals surface area contributed by atoms with Crippen LogP contribution >= 0.6 is 0 Å². The van der Waals surface area contributed by atoms with Crippen molar-refractivity contribution < 1.29 is 15.0 Å². The summed E-state index contributed by atoms with van der Waals surface area (Å²) in [6.07, 6.45) is 12.7. The highest BCUT2D eigenvalue weighted by Crippen LogP contribution is 2.67. The van der Waals surface area contributed by atoms with Crippen LogP contribution in [-0.2, 0) is 4.79 Å². The summed E-state index contributed by atoms with van der Waals surface area (Å²) in [5.74, 6) is 3.75. The van der Waals surface area contributed by atoms with Crippen LogP contribution < -0.4 is 0 Å². The molecule has 0 aliphatic heterocycles. The Hall–Kier alpha value is -0.670. The summed E-state index contributed by atoms with van der Waals surface area (Å²) in [7, 11) is 0. The Labute approximate surface area is 183 Å². The number of hydrogen-bond donors (Lipinski definition) is 2. The molecule has 0 aromatic heterocycles. The van der Waals surface area contributed by atoms with Gasteiger partial charge in [0.15, 0.2) is 5.78 Å². The first kappa shape index (κ1) is 22.5. The molecule has 3 unspecified atom stereocenters. The molecule has 3 saturated carbocycles. The fraction of sp³-hybridized carbons (Fsp3) is 0.889. The van der Waals surface area contributed by atoms with Crippen LogP contribution in [0, 0.1) is 46.3 Å². The third kappa shape index (κ3) is 3.62. The van der Waals surface area contributed by atoms with Crippen LogP contribution in [0.4, 0.5) is 0 Å². The van der Waals surface area contributed by atoms with E-state index in [2.05, 4.69) is 27.7 Å². The maximum atomic E-state index is 12.1. The molecule has 0 amide bonds. The molecule has 9 atom stereocenters. The molecule has 2 N–H and O–H groups in total. The number of carbonyl (C=O) groups excluding carboxylic acids is 1. The molecule has 3 nitrogen and oxygen atoms in total. The third-order valence-corrected chi connectivity index (χ3v) is 10.4. The molecule has 0 aromatic carbocycles. The van der Waals surface area contributed by atoms with E-state index in [1.54, 1.807) is 0 Å². The van der Waals surface area contributed by atoms with Crippen LogP contribution in [0.5, 0.6) is 0 Å². The predicted octanol–water partition coefficient (Wildman–Crippen LogP) is 5.54. The second kappa shape index (κ2) is 8.35. The van der Waals surface area contributed by atoms with Crippen LogP contribution in [0.1, 0.15) is 91.9 Å². The van der Waals surface area contributed by atoms with Gasteiger partial charge in [0, 0.05) is 13.0 Å². The van der Waals surface area contributed by atoms with Gasteiger partial charge in [-0.3, -0.25) is 4.79 Å². The standard InChI is InChI=1S/C27H44O3/c1-17(16-28)6-5-7-18(2)21-8-9-22-25-23(11-13-27(21,22)4)26(3)12-10-20(29)14-19(26)15-24(25)30/h14,17-18,21-25,28,30H,5-13,15-16H2,1-4H3/t17?,18-,21?,22+,23+,24-,25?,26+,27-/m1/s1. The number of ketones is 1. The van der Waals surface area contributed by atoms with Gasteiger partial charge in [-0.15, -0.1) is 0 Å². The lowest BCUT2D eigenvalue weighted by atomic mass is 9.45. The smallest absolute Gasteiger partial charge is 0.155 e. The second-order valence-corrected chi connectivity index (χ2v) is 12.0. The van der Waals surface area contributed by atoms with E-state index >= 15 is 0 Å². The van der Waals surface area contributed by atoms with E-state index in [0.717, 1.165) is 31.1 Å². The summed E-state index contributed by atoms with van der Waals surface area (Å²) < 4.78 is 0. The molecule has 0 radical (unpaired) electrons. The van der Waals surface area contributed by atoms with Gasteiger partial charge < -0.3 is 10.2 Å². The minimum atomic E-state index is -0.274. The highest BCUT2D eigenvalue weighted by molar-refractivity contribution is 5.91. The highest BCUT2D eigenvalue weighted by atomic mass is 16.3. The zero-order valence-electron chi connectivity index (χ0n) is 19.7. The molecule has 4 aliphatic rings. The number of carbonyl (C=O) groups is 1.